The summed E-state index contributed by atoms with van der Waals surface area (Å²) in [6.07, 6.45) is 1.78. The van der Waals surface area contributed by atoms with Gasteiger partial charge in [-0.05, 0) is 12.8 Å². The third-order valence-corrected chi connectivity index (χ3v) is 2.62. The average Bonchev–Trinajstić information content (AvgIpc) is 2.26. The third kappa shape index (κ3) is 9.09. The highest BCUT2D eigenvalue weighted by atomic mass is 16.5. The van der Waals surface area contributed by atoms with Crippen molar-refractivity contribution in [2.24, 2.45) is 11.1 Å². The summed E-state index contributed by atoms with van der Waals surface area (Å²) in [4.78, 5) is 0. The Morgan fingerprint density at radius 1 is 1.06 bits per heavy atom. The molecule has 0 spiro atoms. The van der Waals surface area contributed by atoms with Gasteiger partial charge in [0.2, 0.25) is 0 Å². The summed E-state index contributed by atoms with van der Waals surface area (Å²) in [5.41, 5.74) is 5.27. The number of hydrogen-bond acceptors (Lipinski definition) is 4. The standard InChI is InChI=1S/C12H26N2O3/c1-12(2,11(13)14)5-4-6-16-9-10-17-8-7-15-3/h4-10H2,1-3H3,(H3,13,14). The Balaban J connectivity index is 3.27. The van der Waals surface area contributed by atoms with Gasteiger partial charge in [-0.15, -0.1) is 0 Å². The van der Waals surface area contributed by atoms with E-state index in [1.807, 2.05) is 13.8 Å². The van der Waals surface area contributed by atoms with Gasteiger partial charge in [0, 0.05) is 19.1 Å². The molecule has 102 valence electrons. The first-order valence-electron chi connectivity index (χ1n) is 5.99. The zero-order valence-corrected chi connectivity index (χ0v) is 11.3. The van der Waals surface area contributed by atoms with Crippen LogP contribution in [0.3, 0.4) is 0 Å². The summed E-state index contributed by atoms with van der Waals surface area (Å²) >= 11 is 0. The largest absolute Gasteiger partial charge is 0.387 e. The Bertz CT molecular complexity index is 208. The highest BCUT2D eigenvalue weighted by Crippen LogP contribution is 2.21. The lowest BCUT2D eigenvalue weighted by atomic mass is 9.87. The number of nitrogens with one attached hydrogen (secondary N) is 1. The maximum absolute atomic E-state index is 7.41. The number of rotatable bonds is 11. The molecule has 0 aliphatic rings. The van der Waals surface area contributed by atoms with E-state index in [4.69, 9.17) is 25.4 Å². The second-order valence-electron chi connectivity index (χ2n) is 4.62. The van der Waals surface area contributed by atoms with Crippen molar-refractivity contribution < 1.29 is 14.2 Å². The number of hydrogen-bond donors (Lipinski definition) is 2. The zero-order chi connectivity index (χ0) is 13.1. The summed E-state index contributed by atoms with van der Waals surface area (Å²) in [7, 11) is 1.65. The maximum Gasteiger partial charge on any atom is 0.0963 e. The third-order valence-electron chi connectivity index (χ3n) is 2.62. The summed E-state index contributed by atoms with van der Waals surface area (Å²) in [6, 6.07) is 0. The minimum absolute atomic E-state index is 0.224. The maximum atomic E-state index is 7.41. The predicted octanol–water partition coefficient (Wildman–Crippen LogP) is 1.41. The van der Waals surface area contributed by atoms with Crippen LogP contribution in [0.25, 0.3) is 0 Å². The van der Waals surface area contributed by atoms with Crippen LogP contribution in [0.2, 0.25) is 0 Å². The van der Waals surface area contributed by atoms with Gasteiger partial charge in [0.05, 0.1) is 32.3 Å². The first-order valence-corrected chi connectivity index (χ1v) is 5.99. The second-order valence-corrected chi connectivity index (χ2v) is 4.62. The van der Waals surface area contributed by atoms with Gasteiger partial charge in [0.25, 0.3) is 0 Å². The van der Waals surface area contributed by atoms with Crippen LogP contribution >= 0.6 is 0 Å². The van der Waals surface area contributed by atoms with Crippen molar-refractivity contribution in [2.45, 2.75) is 26.7 Å². The van der Waals surface area contributed by atoms with Crippen LogP contribution in [0.4, 0.5) is 0 Å². The van der Waals surface area contributed by atoms with Crippen molar-refractivity contribution >= 4 is 5.84 Å². The highest BCUT2D eigenvalue weighted by molar-refractivity contribution is 5.82. The van der Waals surface area contributed by atoms with Crippen molar-refractivity contribution in [3.63, 3.8) is 0 Å². The highest BCUT2D eigenvalue weighted by Gasteiger charge is 2.20. The normalized spacial score (nSPS) is 11.7. The van der Waals surface area contributed by atoms with E-state index in [9.17, 15) is 0 Å². The first-order chi connectivity index (χ1) is 8.00. The lowest BCUT2D eigenvalue weighted by molar-refractivity contribution is 0.0232. The molecule has 5 nitrogen and oxygen atoms in total. The van der Waals surface area contributed by atoms with Crippen LogP contribution in [0.15, 0.2) is 0 Å². The van der Waals surface area contributed by atoms with Crippen LogP contribution in [-0.4, -0.2) is 46.0 Å². The fourth-order valence-electron chi connectivity index (χ4n) is 1.22. The molecule has 5 heteroatoms. The molecule has 0 unspecified atom stereocenters. The molecule has 0 radical (unpaired) electrons. The number of amidine groups is 1. The fourth-order valence-corrected chi connectivity index (χ4v) is 1.22. The van der Waals surface area contributed by atoms with Crippen molar-refractivity contribution in [3.8, 4) is 0 Å². The van der Waals surface area contributed by atoms with Gasteiger partial charge in [-0.3, -0.25) is 5.41 Å². The van der Waals surface area contributed by atoms with E-state index in [0.29, 0.717) is 33.0 Å². The van der Waals surface area contributed by atoms with Gasteiger partial charge in [0.1, 0.15) is 0 Å². The van der Waals surface area contributed by atoms with E-state index in [1.54, 1.807) is 7.11 Å². The number of methoxy groups -OCH3 is 1. The Labute approximate surface area is 104 Å². The average molecular weight is 246 g/mol. The summed E-state index contributed by atoms with van der Waals surface area (Å²) < 4.78 is 15.5. The van der Waals surface area contributed by atoms with E-state index in [-0.39, 0.29) is 11.3 Å². The van der Waals surface area contributed by atoms with Crippen LogP contribution in [0, 0.1) is 10.8 Å². The van der Waals surface area contributed by atoms with E-state index < -0.39 is 0 Å². The second kappa shape index (κ2) is 9.39. The van der Waals surface area contributed by atoms with Crippen LogP contribution in [-0.2, 0) is 14.2 Å². The van der Waals surface area contributed by atoms with E-state index in [2.05, 4.69) is 0 Å². The Morgan fingerprint density at radius 3 is 2.12 bits per heavy atom. The molecule has 0 aromatic heterocycles. The lowest BCUT2D eigenvalue weighted by Gasteiger charge is -2.22. The molecule has 0 bridgehead atoms. The van der Waals surface area contributed by atoms with Gasteiger partial charge in [-0.25, -0.2) is 0 Å². The topological polar surface area (TPSA) is 77.6 Å². The van der Waals surface area contributed by atoms with E-state index in [0.717, 1.165) is 12.8 Å². The molecule has 0 aromatic rings. The summed E-state index contributed by atoms with van der Waals surface area (Å²) in [5.74, 6) is 0.236. The van der Waals surface area contributed by atoms with Gasteiger partial charge in [-0.2, -0.15) is 0 Å². The molecule has 0 saturated heterocycles. The monoisotopic (exact) mass is 246 g/mol. The smallest absolute Gasteiger partial charge is 0.0963 e. The minimum atomic E-state index is -0.224. The van der Waals surface area contributed by atoms with Gasteiger partial charge in [-0.1, -0.05) is 13.8 Å². The SMILES string of the molecule is COCCOCCOCCCC(C)(C)C(=N)N. The molecule has 3 N–H and O–H groups in total. The molecule has 0 aliphatic heterocycles. The molecule has 0 rings (SSSR count). The van der Waals surface area contributed by atoms with E-state index >= 15 is 0 Å². The van der Waals surface area contributed by atoms with Crippen molar-refractivity contribution in [3.05, 3.63) is 0 Å². The minimum Gasteiger partial charge on any atom is -0.387 e. The molecule has 0 heterocycles. The Hall–Kier alpha value is -0.650. The Kier molecular flexibility index (Phi) is 9.03. The molecular formula is C12H26N2O3. The van der Waals surface area contributed by atoms with E-state index in [1.165, 1.54) is 0 Å². The number of ether oxygens (including phenoxy) is 3. The molecular weight excluding hydrogens is 220 g/mol. The first kappa shape index (κ1) is 16.4. The van der Waals surface area contributed by atoms with Gasteiger partial charge in [0.15, 0.2) is 0 Å². The van der Waals surface area contributed by atoms with Gasteiger partial charge >= 0.3 is 0 Å². The summed E-state index contributed by atoms with van der Waals surface area (Å²) in [6.45, 7) is 7.06. The molecule has 0 fully saturated rings. The molecule has 0 aliphatic carbocycles. The predicted molar refractivity (Wildman–Crippen MR) is 68.4 cm³/mol. The molecule has 0 saturated carbocycles. The van der Waals surface area contributed by atoms with Crippen molar-refractivity contribution in [2.75, 3.05) is 40.1 Å². The fraction of sp³-hybridized carbons (Fsp3) is 0.917. The molecule has 17 heavy (non-hydrogen) atoms. The van der Waals surface area contributed by atoms with Crippen molar-refractivity contribution in [1.29, 1.82) is 5.41 Å². The molecule has 0 amide bonds. The zero-order valence-electron chi connectivity index (χ0n) is 11.3. The summed E-state index contributed by atoms with van der Waals surface area (Å²) in [5, 5.41) is 7.41. The lowest BCUT2D eigenvalue weighted by Crippen LogP contribution is -2.31. The quantitative estimate of drug-likeness (QED) is 0.328. The molecule has 0 aromatic carbocycles. The Morgan fingerprint density at radius 2 is 1.59 bits per heavy atom. The van der Waals surface area contributed by atoms with Crippen molar-refractivity contribution in [1.82, 2.24) is 0 Å². The van der Waals surface area contributed by atoms with Crippen LogP contribution in [0.5, 0.6) is 0 Å². The van der Waals surface area contributed by atoms with Crippen LogP contribution in [0.1, 0.15) is 26.7 Å². The van der Waals surface area contributed by atoms with Crippen LogP contribution < -0.4 is 5.73 Å². The van der Waals surface area contributed by atoms with Gasteiger partial charge < -0.3 is 19.9 Å². The molecule has 0 atom stereocenters. The number of nitrogens with two attached hydrogens (primary N) is 1.